The zero-order valence-electron chi connectivity index (χ0n) is 19.0. The van der Waals surface area contributed by atoms with Crippen LogP contribution in [-0.2, 0) is 20.9 Å². The standard InChI is InChI=1S/C24H32N4O4/c1-24(2,3)32-23(31)26-17-10-12-27(13-11-17)22(30)20-8-9-21(29)28(20)15-16-14-25-19-7-5-4-6-18(16)19/h4-7,14,17,20,25H,8-13,15H2,1-3H3,(H,26,31). The van der Waals surface area contributed by atoms with Crippen molar-refractivity contribution >= 4 is 28.8 Å². The molecule has 3 amide bonds. The summed E-state index contributed by atoms with van der Waals surface area (Å²) in [5, 5.41) is 3.98. The summed E-state index contributed by atoms with van der Waals surface area (Å²) in [7, 11) is 0. The number of nitrogens with one attached hydrogen (secondary N) is 2. The third-order valence-corrected chi connectivity index (χ3v) is 6.16. The first-order valence-corrected chi connectivity index (χ1v) is 11.3. The molecule has 2 aromatic rings. The number of likely N-dealkylation sites (tertiary alicyclic amines) is 2. The Kier molecular flexibility index (Phi) is 6.13. The van der Waals surface area contributed by atoms with E-state index in [1.54, 1.807) is 4.90 Å². The van der Waals surface area contributed by atoms with Gasteiger partial charge in [-0.2, -0.15) is 0 Å². The van der Waals surface area contributed by atoms with Crippen molar-refractivity contribution in [1.29, 1.82) is 0 Å². The maximum Gasteiger partial charge on any atom is 0.407 e. The number of amides is 3. The number of aromatic amines is 1. The summed E-state index contributed by atoms with van der Waals surface area (Å²) in [6, 6.07) is 7.54. The number of carbonyl (C=O) groups is 3. The smallest absolute Gasteiger partial charge is 0.407 e. The van der Waals surface area contributed by atoms with E-state index in [1.165, 1.54) is 0 Å². The summed E-state index contributed by atoms with van der Waals surface area (Å²) >= 11 is 0. The van der Waals surface area contributed by atoms with Gasteiger partial charge in [0.2, 0.25) is 11.8 Å². The highest BCUT2D eigenvalue weighted by molar-refractivity contribution is 5.91. The van der Waals surface area contributed by atoms with E-state index in [2.05, 4.69) is 10.3 Å². The fraction of sp³-hybridized carbons (Fsp3) is 0.542. The Morgan fingerprint density at radius 2 is 1.88 bits per heavy atom. The molecule has 0 bridgehead atoms. The van der Waals surface area contributed by atoms with Crippen molar-refractivity contribution in [3.63, 3.8) is 0 Å². The zero-order valence-corrected chi connectivity index (χ0v) is 19.0. The minimum absolute atomic E-state index is 0.00593. The lowest BCUT2D eigenvalue weighted by atomic mass is 10.0. The first-order valence-electron chi connectivity index (χ1n) is 11.3. The highest BCUT2D eigenvalue weighted by Gasteiger charge is 2.39. The summed E-state index contributed by atoms with van der Waals surface area (Å²) in [5.41, 5.74) is 1.51. The summed E-state index contributed by atoms with van der Waals surface area (Å²) in [4.78, 5) is 44.7. The molecule has 8 heteroatoms. The van der Waals surface area contributed by atoms with Crippen molar-refractivity contribution in [2.24, 2.45) is 0 Å². The van der Waals surface area contributed by atoms with Crippen molar-refractivity contribution in [3.05, 3.63) is 36.0 Å². The van der Waals surface area contributed by atoms with Gasteiger partial charge in [0.25, 0.3) is 0 Å². The summed E-state index contributed by atoms with van der Waals surface area (Å²) < 4.78 is 5.33. The number of hydrogen-bond donors (Lipinski definition) is 2. The third-order valence-electron chi connectivity index (χ3n) is 6.16. The van der Waals surface area contributed by atoms with Crippen molar-refractivity contribution in [1.82, 2.24) is 20.1 Å². The van der Waals surface area contributed by atoms with Crippen LogP contribution in [0, 0.1) is 0 Å². The van der Waals surface area contributed by atoms with Gasteiger partial charge in [-0.25, -0.2) is 4.79 Å². The van der Waals surface area contributed by atoms with Gasteiger partial charge in [0.15, 0.2) is 0 Å². The molecule has 2 N–H and O–H groups in total. The number of alkyl carbamates (subject to hydrolysis) is 1. The lowest BCUT2D eigenvalue weighted by molar-refractivity contribution is -0.142. The fourth-order valence-electron chi connectivity index (χ4n) is 4.56. The van der Waals surface area contributed by atoms with Crippen LogP contribution in [0.1, 0.15) is 52.0 Å². The average Bonchev–Trinajstić information content (AvgIpc) is 3.31. The van der Waals surface area contributed by atoms with Gasteiger partial charge >= 0.3 is 6.09 Å². The average molecular weight is 441 g/mol. The molecule has 2 saturated heterocycles. The summed E-state index contributed by atoms with van der Waals surface area (Å²) in [5.74, 6) is 0.0292. The van der Waals surface area contributed by atoms with Gasteiger partial charge < -0.3 is 24.8 Å². The molecular formula is C24H32N4O4. The monoisotopic (exact) mass is 440 g/mol. The maximum atomic E-state index is 13.3. The molecule has 0 spiro atoms. The molecule has 0 aliphatic carbocycles. The Bertz CT molecular complexity index is 1000. The van der Waals surface area contributed by atoms with E-state index < -0.39 is 17.7 Å². The number of ether oxygens (including phenoxy) is 1. The van der Waals surface area contributed by atoms with Crippen molar-refractivity contribution in [3.8, 4) is 0 Å². The normalized spacial score (nSPS) is 20.1. The molecule has 2 aliphatic heterocycles. The minimum Gasteiger partial charge on any atom is -0.444 e. The number of rotatable bonds is 4. The summed E-state index contributed by atoms with van der Waals surface area (Å²) in [6.07, 6.45) is 3.80. The Morgan fingerprint density at radius 3 is 2.59 bits per heavy atom. The van der Waals surface area contributed by atoms with Crippen LogP contribution in [0.5, 0.6) is 0 Å². The molecule has 8 nitrogen and oxygen atoms in total. The first-order chi connectivity index (χ1) is 15.2. The first kappa shape index (κ1) is 22.2. The SMILES string of the molecule is CC(C)(C)OC(=O)NC1CCN(C(=O)C2CCC(=O)N2Cc2c[nH]c3ccccc23)CC1. The van der Waals surface area contributed by atoms with Crippen LogP contribution in [-0.4, -0.2) is 63.5 Å². The van der Waals surface area contributed by atoms with Gasteiger partial charge in [-0.3, -0.25) is 9.59 Å². The predicted octanol–water partition coefficient (Wildman–Crippen LogP) is 3.17. The highest BCUT2D eigenvalue weighted by atomic mass is 16.6. The minimum atomic E-state index is -0.538. The molecule has 1 aromatic heterocycles. The number of fused-ring (bicyclic) bond motifs is 1. The fourth-order valence-corrected chi connectivity index (χ4v) is 4.56. The molecule has 3 heterocycles. The van der Waals surface area contributed by atoms with Crippen LogP contribution in [0.15, 0.2) is 30.5 Å². The predicted molar refractivity (Wildman–Crippen MR) is 121 cm³/mol. The molecular weight excluding hydrogens is 408 g/mol. The van der Waals surface area contributed by atoms with E-state index in [1.807, 2.05) is 56.1 Å². The molecule has 1 unspecified atom stereocenters. The Balaban J connectivity index is 1.35. The van der Waals surface area contributed by atoms with E-state index >= 15 is 0 Å². The van der Waals surface area contributed by atoms with Crippen molar-refractivity contribution < 1.29 is 19.1 Å². The molecule has 1 atom stereocenters. The quantitative estimate of drug-likeness (QED) is 0.763. The molecule has 4 rings (SSSR count). The maximum absolute atomic E-state index is 13.3. The second kappa shape index (κ2) is 8.84. The molecule has 2 fully saturated rings. The largest absolute Gasteiger partial charge is 0.444 e. The molecule has 0 saturated carbocycles. The van der Waals surface area contributed by atoms with Crippen LogP contribution in [0.4, 0.5) is 4.79 Å². The number of H-pyrrole nitrogens is 1. The van der Waals surface area contributed by atoms with E-state index in [-0.39, 0.29) is 17.9 Å². The highest BCUT2D eigenvalue weighted by Crippen LogP contribution is 2.27. The van der Waals surface area contributed by atoms with Gasteiger partial charge in [0.1, 0.15) is 11.6 Å². The van der Waals surface area contributed by atoms with Crippen LogP contribution < -0.4 is 5.32 Å². The summed E-state index contributed by atoms with van der Waals surface area (Å²) in [6.45, 7) is 7.04. The van der Waals surface area contributed by atoms with E-state index in [0.29, 0.717) is 45.3 Å². The second-order valence-electron chi connectivity index (χ2n) is 9.68. The van der Waals surface area contributed by atoms with Crippen LogP contribution >= 0.6 is 0 Å². The number of benzene rings is 1. The van der Waals surface area contributed by atoms with E-state index in [9.17, 15) is 14.4 Å². The molecule has 1 aromatic carbocycles. The van der Waals surface area contributed by atoms with Crippen molar-refractivity contribution in [2.75, 3.05) is 13.1 Å². The number of piperidine rings is 1. The number of hydrogen-bond acceptors (Lipinski definition) is 4. The number of aromatic nitrogens is 1. The van der Waals surface area contributed by atoms with E-state index in [0.717, 1.165) is 16.5 Å². The molecule has 32 heavy (non-hydrogen) atoms. The Labute approximate surface area is 188 Å². The van der Waals surface area contributed by atoms with Gasteiger partial charge in [-0.05, 0) is 51.7 Å². The number of para-hydroxylation sites is 1. The van der Waals surface area contributed by atoms with E-state index in [4.69, 9.17) is 4.74 Å². The van der Waals surface area contributed by atoms with Gasteiger partial charge in [-0.15, -0.1) is 0 Å². The van der Waals surface area contributed by atoms with Crippen LogP contribution in [0.2, 0.25) is 0 Å². The molecule has 172 valence electrons. The number of nitrogens with zero attached hydrogens (tertiary/aromatic N) is 2. The molecule has 0 radical (unpaired) electrons. The van der Waals surface area contributed by atoms with Gasteiger partial charge in [-0.1, -0.05) is 18.2 Å². The van der Waals surface area contributed by atoms with Gasteiger partial charge in [0, 0.05) is 49.2 Å². The molecule has 2 aliphatic rings. The van der Waals surface area contributed by atoms with Crippen molar-refractivity contribution in [2.45, 2.75) is 70.7 Å². The lowest BCUT2D eigenvalue weighted by Crippen LogP contribution is -2.52. The zero-order chi connectivity index (χ0) is 22.9. The van der Waals surface area contributed by atoms with Gasteiger partial charge in [0.05, 0.1) is 0 Å². The Hall–Kier alpha value is -3.03. The second-order valence-corrected chi connectivity index (χ2v) is 9.68. The number of carbonyl (C=O) groups excluding carboxylic acids is 3. The Morgan fingerprint density at radius 1 is 1.16 bits per heavy atom. The van der Waals surface area contributed by atoms with Crippen LogP contribution in [0.3, 0.4) is 0 Å². The van der Waals surface area contributed by atoms with Crippen LogP contribution in [0.25, 0.3) is 10.9 Å². The lowest BCUT2D eigenvalue weighted by Gasteiger charge is -2.36. The third kappa shape index (κ3) is 4.89. The topological polar surface area (TPSA) is 94.7 Å².